The second-order valence-corrected chi connectivity index (χ2v) is 10.7. The Morgan fingerprint density at radius 1 is 1.07 bits per heavy atom. The van der Waals surface area contributed by atoms with Gasteiger partial charge in [0, 0.05) is 36.7 Å². The average Bonchev–Trinajstić information content (AvgIpc) is 3.55. The lowest BCUT2D eigenvalue weighted by atomic mass is 10.0. The number of piperazine rings is 1. The summed E-state index contributed by atoms with van der Waals surface area (Å²) in [6.45, 7) is 3.61. The highest BCUT2D eigenvalue weighted by atomic mass is 79.9. The molecule has 1 N–H and O–H groups in total. The summed E-state index contributed by atoms with van der Waals surface area (Å²) in [5, 5.41) is 3.11. The fourth-order valence-corrected chi connectivity index (χ4v) is 5.55. The number of amides is 1. The first-order chi connectivity index (χ1) is 14.4. The van der Waals surface area contributed by atoms with E-state index < -0.39 is 16.1 Å². The van der Waals surface area contributed by atoms with Crippen molar-refractivity contribution in [3.63, 3.8) is 0 Å². The van der Waals surface area contributed by atoms with Crippen LogP contribution in [-0.4, -0.2) is 55.8 Å². The lowest BCUT2D eigenvalue weighted by Crippen LogP contribution is -2.52. The molecule has 160 valence electrons. The number of sulfonamides is 1. The molecule has 1 atom stereocenters. The van der Waals surface area contributed by atoms with Gasteiger partial charge in [-0.15, -0.1) is 0 Å². The highest BCUT2D eigenvalue weighted by molar-refractivity contribution is 9.10. The van der Waals surface area contributed by atoms with Crippen molar-refractivity contribution in [2.75, 3.05) is 26.2 Å². The second kappa shape index (κ2) is 8.78. The van der Waals surface area contributed by atoms with Gasteiger partial charge in [-0.3, -0.25) is 9.69 Å². The molecule has 4 rings (SSSR count). The first kappa shape index (κ1) is 21.5. The molecule has 2 aromatic rings. The maximum absolute atomic E-state index is 13.1. The number of benzene rings is 2. The molecule has 1 heterocycles. The summed E-state index contributed by atoms with van der Waals surface area (Å²) < 4.78 is 28.6. The Morgan fingerprint density at radius 2 is 1.73 bits per heavy atom. The van der Waals surface area contributed by atoms with Gasteiger partial charge in [0.2, 0.25) is 15.9 Å². The fourth-order valence-electron chi connectivity index (χ4n) is 3.80. The van der Waals surface area contributed by atoms with Gasteiger partial charge in [-0.25, -0.2) is 8.42 Å². The molecule has 30 heavy (non-hydrogen) atoms. The monoisotopic (exact) mass is 491 g/mol. The standard InChI is InChI=1S/C22H26BrN3O3S/c1-16-15-19(9-10-20(16)23)30(28,29)26-13-11-25(12-14-26)21(17-5-3-2-4-6-17)22(27)24-18-7-8-18/h2-6,9-10,15,18,21H,7-8,11-14H2,1H3,(H,24,27)/t21-/m1/s1. The van der Waals surface area contributed by atoms with E-state index >= 15 is 0 Å². The van der Waals surface area contributed by atoms with Crippen molar-refractivity contribution in [3.05, 3.63) is 64.1 Å². The highest BCUT2D eigenvalue weighted by Crippen LogP contribution is 2.28. The predicted octanol–water partition coefficient (Wildman–Crippen LogP) is 3.08. The molecule has 0 aromatic heterocycles. The third-order valence-corrected chi connectivity index (χ3v) is 8.48. The minimum Gasteiger partial charge on any atom is -0.352 e. The molecule has 1 saturated carbocycles. The van der Waals surface area contributed by atoms with Crippen LogP contribution in [-0.2, 0) is 14.8 Å². The third-order valence-electron chi connectivity index (χ3n) is 5.69. The van der Waals surface area contributed by atoms with Gasteiger partial charge < -0.3 is 5.32 Å². The minimum atomic E-state index is -3.56. The number of hydrogen-bond donors (Lipinski definition) is 1. The van der Waals surface area contributed by atoms with Crippen LogP contribution in [0.2, 0.25) is 0 Å². The van der Waals surface area contributed by atoms with Crippen molar-refractivity contribution >= 4 is 31.9 Å². The molecular formula is C22H26BrN3O3S. The van der Waals surface area contributed by atoms with Crippen LogP contribution in [0.4, 0.5) is 0 Å². The zero-order valence-corrected chi connectivity index (χ0v) is 19.3. The first-order valence-electron chi connectivity index (χ1n) is 10.2. The van der Waals surface area contributed by atoms with Crippen LogP contribution in [0.15, 0.2) is 57.9 Å². The summed E-state index contributed by atoms with van der Waals surface area (Å²) in [6, 6.07) is 14.7. The molecular weight excluding hydrogens is 466 g/mol. The van der Waals surface area contributed by atoms with Crippen LogP contribution >= 0.6 is 15.9 Å². The van der Waals surface area contributed by atoms with E-state index in [9.17, 15) is 13.2 Å². The van der Waals surface area contributed by atoms with Gasteiger partial charge in [0.25, 0.3) is 0 Å². The van der Waals surface area contributed by atoms with Crippen LogP contribution in [0.3, 0.4) is 0 Å². The second-order valence-electron chi connectivity index (χ2n) is 7.95. The molecule has 1 amide bonds. The number of carbonyl (C=O) groups excluding carboxylic acids is 1. The summed E-state index contributed by atoms with van der Waals surface area (Å²) in [5.74, 6) is 0.00328. The van der Waals surface area contributed by atoms with E-state index in [-0.39, 0.29) is 11.9 Å². The molecule has 0 bridgehead atoms. The number of nitrogens with one attached hydrogen (secondary N) is 1. The van der Waals surface area contributed by atoms with Crippen LogP contribution < -0.4 is 5.32 Å². The van der Waals surface area contributed by atoms with Gasteiger partial charge >= 0.3 is 0 Å². The number of nitrogens with zero attached hydrogens (tertiary/aromatic N) is 2. The van der Waals surface area contributed by atoms with Crippen molar-refractivity contribution in [1.82, 2.24) is 14.5 Å². The molecule has 1 aliphatic carbocycles. The predicted molar refractivity (Wildman–Crippen MR) is 120 cm³/mol. The minimum absolute atomic E-state index is 0.00328. The van der Waals surface area contributed by atoms with Crippen LogP contribution in [0, 0.1) is 6.92 Å². The smallest absolute Gasteiger partial charge is 0.243 e. The Kier molecular flexibility index (Phi) is 6.29. The van der Waals surface area contributed by atoms with E-state index in [1.165, 1.54) is 4.31 Å². The summed E-state index contributed by atoms with van der Waals surface area (Å²) in [6.07, 6.45) is 2.07. The van der Waals surface area contributed by atoms with Gasteiger partial charge in [-0.05, 0) is 49.1 Å². The van der Waals surface area contributed by atoms with Crippen molar-refractivity contribution in [2.24, 2.45) is 0 Å². The normalized spacial score (nSPS) is 19.4. The Labute approximate surface area is 186 Å². The SMILES string of the molecule is Cc1cc(S(=O)(=O)N2CCN([C@@H](C(=O)NC3CC3)c3ccccc3)CC2)ccc1Br. The number of carbonyl (C=O) groups is 1. The number of hydrogen-bond acceptors (Lipinski definition) is 4. The molecule has 1 saturated heterocycles. The van der Waals surface area contributed by atoms with E-state index in [0.29, 0.717) is 31.1 Å². The van der Waals surface area contributed by atoms with Crippen molar-refractivity contribution in [3.8, 4) is 0 Å². The van der Waals surface area contributed by atoms with E-state index in [1.54, 1.807) is 18.2 Å². The molecule has 0 spiro atoms. The number of rotatable bonds is 6. The maximum Gasteiger partial charge on any atom is 0.243 e. The molecule has 2 aromatic carbocycles. The van der Waals surface area contributed by atoms with Crippen molar-refractivity contribution in [2.45, 2.75) is 36.7 Å². The van der Waals surface area contributed by atoms with Gasteiger partial charge in [-0.2, -0.15) is 4.31 Å². The summed E-state index contributed by atoms with van der Waals surface area (Å²) in [5.41, 5.74) is 1.83. The van der Waals surface area contributed by atoms with Gasteiger partial charge in [0.15, 0.2) is 0 Å². The van der Waals surface area contributed by atoms with E-state index in [4.69, 9.17) is 0 Å². The van der Waals surface area contributed by atoms with Gasteiger partial charge in [0.05, 0.1) is 4.90 Å². The van der Waals surface area contributed by atoms with Crippen molar-refractivity contribution < 1.29 is 13.2 Å². The highest BCUT2D eigenvalue weighted by Gasteiger charge is 2.36. The van der Waals surface area contributed by atoms with Crippen LogP contribution in [0.25, 0.3) is 0 Å². The van der Waals surface area contributed by atoms with E-state index in [1.807, 2.05) is 37.3 Å². The molecule has 1 aliphatic heterocycles. The van der Waals surface area contributed by atoms with E-state index in [0.717, 1.165) is 28.4 Å². The molecule has 0 radical (unpaired) electrons. The summed E-state index contributed by atoms with van der Waals surface area (Å²) in [4.78, 5) is 15.4. The first-order valence-corrected chi connectivity index (χ1v) is 12.5. The molecule has 2 aliphatic rings. The number of halogens is 1. The van der Waals surface area contributed by atoms with Crippen LogP contribution in [0.1, 0.15) is 30.0 Å². The van der Waals surface area contributed by atoms with Gasteiger partial charge in [-0.1, -0.05) is 46.3 Å². The fraction of sp³-hybridized carbons (Fsp3) is 0.409. The Balaban J connectivity index is 1.50. The third kappa shape index (κ3) is 4.61. The summed E-state index contributed by atoms with van der Waals surface area (Å²) >= 11 is 3.42. The van der Waals surface area contributed by atoms with Crippen LogP contribution in [0.5, 0.6) is 0 Å². The molecule has 8 heteroatoms. The molecule has 0 unspecified atom stereocenters. The largest absolute Gasteiger partial charge is 0.352 e. The Morgan fingerprint density at radius 3 is 2.33 bits per heavy atom. The maximum atomic E-state index is 13.1. The summed E-state index contributed by atoms with van der Waals surface area (Å²) in [7, 11) is -3.56. The zero-order chi connectivity index (χ0) is 21.3. The van der Waals surface area contributed by atoms with Gasteiger partial charge in [0.1, 0.15) is 6.04 Å². The topological polar surface area (TPSA) is 69.7 Å². The zero-order valence-electron chi connectivity index (χ0n) is 16.9. The van der Waals surface area contributed by atoms with Crippen molar-refractivity contribution in [1.29, 1.82) is 0 Å². The Bertz CT molecular complexity index is 1020. The molecule has 6 nitrogen and oxygen atoms in total. The quantitative estimate of drug-likeness (QED) is 0.673. The van der Waals surface area contributed by atoms with E-state index in [2.05, 4.69) is 26.1 Å². The number of aryl methyl sites for hydroxylation is 1. The lowest BCUT2D eigenvalue weighted by Gasteiger charge is -2.38. The average molecular weight is 492 g/mol. The Hall–Kier alpha value is -1.74. The molecule has 2 fully saturated rings. The lowest BCUT2D eigenvalue weighted by molar-refractivity contribution is -0.127.